The van der Waals surface area contributed by atoms with Crippen LogP contribution in [0.3, 0.4) is 0 Å². The van der Waals surface area contributed by atoms with Gasteiger partial charge in [0.05, 0.1) is 14.2 Å². The van der Waals surface area contributed by atoms with Gasteiger partial charge in [0.1, 0.15) is 23.5 Å². The van der Waals surface area contributed by atoms with E-state index < -0.39 is 11.6 Å². The average Bonchev–Trinajstić information content (AvgIpc) is 2.61. The molecule has 0 aliphatic rings. The number of nitrogens with zero attached hydrogens (tertiary/aromatic N) is 1. The van der Waals surface area contributed by atoms with E-state index in [0.29, 0.717) is 22.9 Å². The molecule has 2 aromatic rings. The zero-order valence-electron chi connectivity index (χ0n) is 16.3. The van der Waals surface area contributed by atoms with Gasteiger partial charge in [-0.3, -0.25) is 14.5 Å². The Morgan fingerprint density at radius 1 is 0.815 bits per heavy atom. The summed E-state index contributed by atoms with van der Waals surface area (Å²) in [5.74, 6) is 0.389. The maximum Gasteiger partial charge on any atom is 0.315 e. The maximum absolute atomic E-state index is 12.9. The molecule has 0 radical (unpaired) electrons. The number of anilines is 2. The van der Waals surface area contributed by atoms with Gasteiger partial charge in [-0.15, -0.1) is 0 Å². The zero-order valence-corrected chi connectivity index (χ0v) is 16.3. The third kappa shape index (κ3) is 5.74. The predicted octanol–water partition coefficient (Wildman–Crippen LogP) is 4.10. The van der Waals surface area contributed by atoms with Gasteiger partial charge in [0.15, 0.2) is 0 Å². The molecule has 0 atom stereocenters. The fourth-order valence-electron chi connectivity index (χ4n) is 2.48. The van der Waals surface area contributed by atoms with Gasteiger partial charge in [0.2, 0.25) is 5.91 Å². The predicted molar refractivity (Wildman–Crippen MR) is 104 cm³/mol. The van der Waals surface area contributed by atoms with Crippen molar-refractivity contribution >= 4 is 23.3 Å². The van der Waals surface area contributed by atoms with E-state index in [1.54, 1.807) is 83.5 Å². The number of rotatable bonds is 6. The molecule has 0 aliphatic heterocycles. The summed E-state index contributed by atoms with van der Waals surface area (Å²) >= 11 is 0. The SMILES string of the molecule is COc1ccc(N(C(=O)CC(=O)OC(C)(C)C)c2ccc(OC)cc2)cc1. The normalized spacial score (nSPS) is 10.9. The van der Waals surface area contributed by atoms with Crippen molar-refractivity contribution in [2.24, 2.45) is 0 Å². The van der Waals surface area contributed by atoms with Crippen LogP contribution in [0.15, 0.2) is 48.5 Å². The lowest BCUT2D eigenvalue weighted by Gasteiger charge is -2.24. The molecule has 0 spiro atoms. The van der Waals surface area contributed by atoms with Crippen LogP contribution in [-0.4, -0.2) is 31.7 Å². The summed E-state index contributed by atoms with van der Waals surface area (Å²) in [5, 5.41) is 0. The second-order valence-electron chi connectivity index (χ2n) is 6.89. The van der Waals surface area contributed by atoms with Crippen molar-refractivity contribution in [3.63, 3.8) is 0 Å². The molecule has 2 rings (SSSR count). The Morgan fingerprint density at radius 2 is 1.22 bits per heavy atom. The van der Waals surface area contributed by atoms with Crippen LogP contribution >= 0.6 is 0 Å². The lowest BCUT2D eigenvalue weighted by Crippen LogP contribution is -2.31. The fraction of sp³-hybridized carbons (Fsp3) is 0.333. The van der Waals surface area contributed by atoms with Crippen molar-refractivity contribution in [1.82, 2.24) is 0 Å². The van der Waals surface area contributed by atoms with Crippen molar-refractivity contribution in [2.45, 2.75) is 32.8 Å². The van der Waals surface area contributed by atoms with Crippen LogP contribution in [0, 0.1) is 0 Å². The van der Waals surface area contributed by atoms with E-state index in [1.165, 1.54) is 4.90 Å². The van der Waals surface area contributed by atoms with E-state index in [9.17, 15) is 9.59 Å². The average molecular weight is 371 g/mol. The third-order valence-electron chi connectivity index (χ3n) is 3.63. The quantitative estimate of drug-likeness (QED) is 0.565. The molecule has 0 saturated carbocycles. The summed E-state index contributed by atoms with van der Waals surface area (Å²) in [6, 6.07) is 14.1. The lowest BCUT2D eigenvalue weighted by atomic mass is 10.2. The standard InChI is InChI=1S/C21H25NO5/c1-21(2,3)27-20(24)14-19(23)22(15-6-10-17(25-4)11-7-15)16-8-12-18(26-5)13-9-16/h6-13H,14H2,1-5H3. The largest absolute Gasteiger partial charge is 0.497 e. The first kappa shape index (κ1) is 20.3. The van der Waals surface area contributed by atoms with E-state index in [4.69, 9.17) is 14.2 Å². The molecule has 1 amide bonds. The first-order valence-electron chi connectivity index (χ1n) is 8.56. The lowest BCUT2D eigenvalue weighted by molar-refractivity contribution is -0.156. The fourth-order valence-corrected chi connectivity index (χ4v) is 2.48. The molecule has 27 heavy (non-hydrogen) atoms. The number of benzene rings is 2. The smallest absolute Gasteiger partial charge is 0.315 e. The Morgan fingerprint density at radius 3 is 1.56 bits per heavy atom. The number of ether oxygens (including phenoxy) is 3. The van der Waals surface area contributed by atoms with Gasteiger partial charge < -0.3 is 14.2 Å². The van der Waals surface area contributed by atoms with E-state index in [2.05, 4.69) is 0 Å². The van der Waals surface area contributed by atoms with E-state index >= 15 is 0 Å². The highest BCUT2D eigenvalue weighted by Gasteiger charge is 2.24. The number of esters is 1. The van der Waals surface area contributed by atoms with Gasteiger partial charge in [-0.25, -0.2) is 0 Å². The van der Waals surface area contributed by atoms with Crippen LogP contribution in [0.25, 0.3) is 0 Å². The van der Waals surface area contributed by atoms with Crippen molar-refractivity contribution in [2.75, 3.05) is 19.1 Å². The van der Waals surface area contributed by atoms with Gasteiger partial charge in [0.25, 0.3) is 0 Å². The van der Waals surface area contributed by atoms with Crippen molar-refractivity contribution < 1.29 is 23.8 Å². The highest BCUT2D eigenvalue weighted by molar-refractivity contribution is 6.08. The highest BCUT2D eigenvalue weighted by atomic mass is 16.6. The Labute approximate surface area is 159 Å². The molecule has 6 heteroatoms. The van der Waals surface area contributed by atoms with Gasteiger partial charge >= 0.3 is 5.97 Å². The maximum atomic E-state index is 12.9. The molecule has 0 heterocycles. The van der Waals surface area contributed by atoms with Crippen molar-refractivity contribution in [3.8, 4) is 11.5 Å². The van der Waals surface area contributed by atoms with Crippen molar-refractivity contribution in [1.29, 1.82) is 0 Å². The zero-order chi connectivity index (χ0) is 20.0. The van der Waals surface area contributed by atoms with Gasteiger partial charge in [0, 0.05) is 11.4 Å². The molecular weight excluding hydrogens is 346 g/mol. The summed E-state index contributed by atoms with van der Waals surface area (Å²) in [6.45, 7) is 5.29. The Hall–Kier alpha value is -3.02. The second kappa shape index (κ2) is 8.58. The molecule has 0 saturated heterocycles. The molecule has 0 N–H and O–H groups in total. The van der Waals surface area contributed by atoms with Crippen LogP contribution in [0.5, 0.6) is 11.5 Å². The van der Waals surface area contributed by atoms with E-state index in [0.717, 1.165) is 0 Å². The van der Waals surface area contributed by atoms with Crippen LogP contribution in [0.2, 0.25) is 0 Å². The summed E-state index contributed by atoms with van der Waals surface area (Å²) in [4.78, 5) is 26.5. The molecule has 0 aromatic heterocycles. The third-order valence-corrected chi connectivity index (χ3v) is 3.63. The summed E-state index contributed by atoms with van der Waals surface area (Å²) in [7, 11) is 3.15. The highest BCUT2D eigenvalue weighted by Crippen LogP contribution is 2.29. The summed E-state index contributed by atoms with van der Waals surface area (Å²) in [5.41, 5.74) is 0.589. The van der Waals surface area contributed by atoms with E-state index in [1.807, 2.05) is 0 Å². The molecule has 0 unspecified atom stereocenters. The van der Waals surface area contributed by atoms with Crippen molar-refractivity contribution in [3.05, 3.63) is 48.5 Å². The first-order valence-corrected chi connectivity index (χ1v) is 8.56. The van der Waals surface area contributed by atoms with E-state index in [-0.39, 0.29) is 12.3 Å². The number of amides is 1. The molecule has 0 bridgehead atoms. The minimum Gasteiger partial charge on any atom is -0.497 e. The van der Waals surface area contributed by atoms with Crippen LogP contribution in [0.4, 0.5) is 11.4 Å². The summed E-state index contributed by atoms with van der Waals surface area (Å²) < 4.78 is 15.6. The van der Waals surface area contributed by atoms with Gasteiger partial charge in [-0.1, -0.05) is 0 Å². The molecule has 2 aromatic carbocycles. The Kier molecular flexibility index (Phi) is 6.45. The second-order valence-corrected chi connectivity index (χ2v) is 6.89. The minimum atomic E-state index is -0.650. The van der Waals surface area contributed by atoms with Crippen LogP contribution in [-0.2, 0) is 14.3 Å². The monoisotopic (exact) mass is 371 g/mol. The van der Waals surface area contributed by atoms with Crippen LogP contribution < -0.4 is 14.4 Å². The Balaban J connectivity index is 2.32. The molecule has 144 valence electrons. The Bertz CT molecular complexity index is 728. The number of methoxy groups -OCH3 is 2. The molecule has 0 aliphatic carbocycles. The molecule has 6 nitrogen and oxygen atoms in total. The van der Waals surface area contributed by atoms with Crippen LogP contribution in [0.1, 0.15) is 27.2 Å². The topological polar surface area (TPSA) is 65.1 Å². The number of hydrogen-bond donors (Lipinski definition) is 0. The number of carbonyl (C=O) groups excluding carboxylic acids is 2. The molecule has 0 fully saturated rings. The number of carbonyl (C=O) groups is 2. The minimum absolute atomic E-state index is 0.366. The first-order chi connectivity index (χ1) is 12.7. The number of hydrogen-bond acceptors (Lipinski definition) is 5. The van der Waals surface area contributed by atoms with Gasteiger partial charge in [-0.2, -0.15) is 0 Å². The summed E-state index contributed by atoms with van der Waals surface area (Å²) in [6.07, 6.45) is -0.366. The molecular formula is C21H25NO5. The van der Waals surface area contributed by atoms with Gasteiger partial charge in [-0.05, 0) is 69.3 Å².